The zero-order valence-corrected chi connectivity index (χ0v) is 29.2. The van der Waals surface area contributed by atoms with Crippen LogP contribution in [0.4, 0.5) is 5.13 Å². The van der Waals surface area contributed by atoms with Crippen LogP contribution in [0.25, 0.3) is 0 Å². The van der Waals surface area contributed by atoms with Crippen molar-refractivity contribution in [2.24, 2.45) is 5.16 Å². The van der Waals surface area contributed by atoms with Gasteiger partial charge >= 0.3 is 5.97 Å². The van der Waals surface area contributed by atoms with Gasteiger partial charge in [-0.05, 0) is 19.9 Å². The fourth-order valence-corrected chi connectivity index (χ4v) is 8.03. The quantitative estimate of drug-likeness (QED) is 0.0511. The zero-order valence-electron chi connectivity index (χ0n) is 26.8. The summed E-state index contributed by atoms with van der Waals surface area (Å²) >= 11 is 8.33. The molecule has 2 atom stereocenters. The van der Waals surface area contributed by atoms with Gasteiger partial charge < -0.3 is 50.9 Å². The lowest BCUT2D eigenvalue weighted by molar-refractivity contribution is -0.911. The van der Waals surface area contributed by atoms with Crippen LogP contribution in [0.1, 0.15) is 42.7 Å². The number of anilines is 1. The number of aromatic nitrogens is 1. The second kappa shape index (κ2) is 14.3. The number of carbonyl (C=O) groups excluding carboxylic acids is 4. The van der Waals surface area contributed by atoms with Crippen LogP contribution in [0.2, 0.25) is 5.02 Å². The molecule has 2 aromatic rings. The third-order valence-electron chi connectivity index (χ3n) is 8.61. The van der Waals surface area contributed by atoms with Gasteiger partial charge in [-0.3, -0.25) is 19.3 Å². The first-order valence-corrected chi connectivity index (χ1v) is 17.6. The van der Waals surface area contributed by atoms with E-state index < -0.39 is 63.9 Å². The fourth-order valence-electron chi connectivity index (χ4n) is 5.90. The van der Waals surface area contributed by atoms with Crippen LogP contribution >= 0.6 is 34.7 Å². The summed E-state index contributed by atoms with van der Waals surface area (Å²) < 4.78 is 0.442. The number of aliphatic carboxylic acids is 2. The number of thiazole rings is 1. The summed E-state index contributed by atoms with van der Waals surface area (Å²) in [5.41, 5.74) is 3.67. The molecule has 50 heavy (non-hydrogen) atoms. The Kier molecular flexibility index (Phi) is 10.5. The molecule has 5 rings (SSSR count). The van der Waals surface area contributed by atoms with Crippen LogP contribution in [0.15, 0.2) is 33.9 Å². The van der Waals surface area contributed by atoms with E-state index in [1.165, 1.54) is 31.0 Å². The number of amides is 3. The van der Waals surface area contributed by atoms with E-state index >= 15 is 0 Å². The second-order valence-electron chi connectivity index (χ2n) is 12.5. The van der Waals surface area contributed by atoms with Gasteiger partial charge in [0.25, 0.3) is 17.7 Å². The molecule has 4 heterocycles. The summed E-state index contributed by atoms with van der Waals surface area (Å²) in [5, 5.41) is 51.0. The van der Waals surface area contributed by atoms with Crippen LogP contribution in [-0.2, 0) is 24.0 Å². The molecule has 2 saturated heterocycles. The van der Waals surface area contributed by atoms with E-state index in [0.717, 1.165) is 41.2 Å². The van der Waals surface area contributed by atoms with Crippen molar-refractivity contribution in [2.45, 2.75) is 43.7 Å². The molecule has 20 heteroatoms. The van der Waals surface area contributed by atoms with Gasteiger partial charge in [-0.2, -0.15) is 0 Å². The average Bonchev–Trinajstić information content (AvgIpc) is 3.70. The number of carboxylic acids is 2. The van der Waals surface area contributed by atoms with Crippen molar-refractivity contribution in [3.05, 3.63) is 45.1 Å². The minimum Gasteiger partial charge on any atom is -0.543 e. The summed E-state index contributed by atoms with van der Waals surface area (Å²) in [6, 6.07) is 0.987. The smallest absolute Gasteiger partial charge is 0.350 e. The molecule has 0 bridgehead atoms. The Labute approximate surface area is 298 Å². The van der Waals surface area contributed by atoms with Crippen LogP contribution in [0.3, 0.4) is 0 Å². The van der Waals surface area contributed by atoms with Crippen molar-refractivity contribution >= 4 is 75.2 Å². The highest BCUT2D eigenvalue weighted by Crippen LogP contribution is 2.41. The highest BCUT2D eigenvalue weighted by atomic mass is 35.5. The molecule has 0 radical (unpaired) electrons. The lowest BCUT2D eigenvalue weighted by Crippen LogP contribution is -2.72. The number of nitrogens with zero attached hydrogens (tertiary/aromatic N) is 4. The number of nitrogens with one attached hydrogen (secondary N) is 2. The summed E-state index contributed by atoms with van der Waals surface area (Å²) in [4.78, 5) is 73.8. The number of carboxylic acid groups (broad SMARTS) is 2. The number of carbonyl (C=O) groups is 5. The van der Waals surface area contributed by atoms with Crippen molar-refractivity contribution in [3.63, 3.8) is 0 Å². The van der Waals surface area contributed by atoms with Gasteiger partial charge in [0.05, 0.1) is 48.4 Å². The lowest BCUT2D eigenvalue weighted by Gasteiger charge is -2.51. The van der Waals surface area contributed by atoms with Gasteiger partial charge in [-0.25, -0.2) is 9.78 Å². The predicted molar refractivity (Wildman–Crippen MR) is 179 cm³/mol. The number of nitrogens with two attached hydrogens (primary N) is 1. The Hall–Kier alpha value is -4.59. The molecule has 1 aromatic heterocycles. The molecule has 268 valence electrons. The maximum absolute atomic E-state index is 13.4. The van der Waals surface area contributed by atoms with E-state index in [9.17, 15) is 44.4 Å². The number of phenols is 2. The van der Waals surface area contributed by atoms with Gasteiger partial charge in [0.1, 0.15) is 23.7 Å². The maximum atomic E-state index is 13.4. The van der Waals surface area contributed by atoms with Gasteiger partial charge in [0.2, 0.25) is 5.60 Å². The number of rotatable bonds is 13. The highest BCUT2D eigenvalue weighted by Gasteiger charge is 2.54. The van der Waals surface area contributed by atoms with Crippen molar-refractivity contribution in [1.29, 1.82) is 0 Å². The number of oxime groups is 1. The van der Waals surface area contributed by atoms with E-state index in [-0.39, 0.29) is 46.0 Å². The average molecular weight is 752 g/mol. The summed E-state index contributed by atoms with van der Waals surface area (Å²) in [7, 11) is 0. The molecule has 3 aliphatic rings. The Morgan fingerprint density at radius 1 is 1.22 bits per heavy atom. The lowest BCUT2D eigenvalue weighted by atomic mass is 10.0. The third kappa shape index (κ3) is 7.44. The molecule has 3 amide bonds. The first-order chi connectivity index (χ1) is 23.5. The van der Waals surface area contributed by atoms with Crippen molar-refractivity contribution < 1.29 is 53.7 Å². The third-order valence-corrected chi connectivity index (χ3v) is 10.9. The fraction of sp³-hybridized carbons (Fsp3) is 0.433. The van der Waals surface area contributed by atoms with E-state index in [1.807, 2.05) is 0 Å². The van der Waals surface area contributed by atoms with Gasteiger partial charge in [0.15, 0.2) is 22.3 Å². The summed E-state index contributed by atoms with van der Waals surface area (Å²) in [5.74, 6) is -5.78. The van der Waals surface area contributed by atoms with Crippen molar-refractivity contribution in [1.82, 2.24) is 20.5 Å². The Morgan fingerprint density at radius 2 is 1.90 bits per heavy atom. The van der Waals surface area contributed by atoms with Gasteiger partial charge in [0, 0.05) is 35.6 Å². The number of hydrogen-bond acceptors (Lipinski definition) is 14. The predicted octanol–water partition coefficient (Wildman–Crippen LogP) is -0.182. The number of benzene rings is 1. The minimum atomic E-state index is -1.80. The molecule has 0 unspecified atom stereocenters. The van der Waals surface area contributed by atoms with Crippen LogP contribution in [0, 0.1) is 0 Å². The van der Waals surface area contributed by atoms with Crippen molar-refractivity contribution in [3.8, 4) is 11.5 Å². The number of nitrogen functional groups attached to an aromatic ring is 1. The number of fused-ring (bicyclic) bond motifs is 1. The van der Waals surface area contributed by atoms with Crippen LogP contribution in [-0.4, -0.2) is 121 Å². The number of β-lactam (4-membered cyclic amide) rings is 1. The summed E-state index contributed by atoms with van der Waals surface area (Å²) in [6.07, 6.45) is 1.74. The number of likely N-dealkylation sites (tertiary alicyclic amines) is 1. The molecule has 2 fully saturated rings. The number of phenolic OH excluding ortho intramolecular Hbond substituents is 2. The number of hydrogen-bond donors (Lipinski definition) is 6. The number of aromatic hydroxyl groups is 2. The normalized spacial score (nSPS) is 20.2. The topological polar surface area (TPSA) is 257 Å². The van der Waals surface area contributed by atoms with Gasteiger partial charge in [-0.15, -0.1) is 23.1 Å². The monoisotopic (exact) mass is 751 g/mol. The number of quaternary nitrogens is 1. The van der Waals surface area contributed by atoms with Crippen LogP contribution < -0.4 is 21.5 Å². The first kappa shape index (κ1) is 36.7. The molecule has 7 N–H and O–H groups in total. The molecule has 1 aromatic carbocycles. The van der Waals surface area contributed by atoms with Gasteiger partial charge in [-0.1, -0.05) is 16.8 Å². The molecule has 0 saturated carbocycles. The van der Waals surface area contributed by atoms with Crippen LogP contribution in [0.5, 0.6) is 11.5 Å². The minimum absolute atomic E-state index is 0.0103. The summed E-state index contributed by atoms with van der Waals surface area (Å²) in [6.45, 7) is 4.76. The first-order valence-electron chi connectivity index (χ1n) is 15.3. The van der Waals surface area contributed by atoms with E-state index in [1.54, 1.807) is 0 Å². The molecule has 0 aliphatic carbocycles. The van der Waals surface area contributed by atoms with Crippen molar-refractivity contribution in [2.75, 3.05) is 44.2 Å². The van der Waals surface area contributed by atoms with E-state index in [0.29, 0.717) is 29.7 Å². The molecular formula is C30H34ClN7O10S2. The Bertz CT molecular complexity index is 1810. The second-order valence-corrected chi connectivity index (χ2v) is 14.9. The number of thioether (sulfide) groups is 1. The highest BCUT2D eigenvalue weighted by molar-refractivity contribution is 8.00. The largest absolute Gasteiger partial charge is 0.543 e. The Balaban J connectivity index is 1.29. The number of halogens is 1. The SMILES string of the molecule is CC(C)(O/N=C(\C(=O)N[C@@H]1C(=O)N2C(C(=O)[O-])=C(C[N+]3(CCNC(=O)c4cc(O)c(O)cc4Cl)CCCC3)CS[C@H]12)c1csc(N)n1)C(=O)O. The molecule has 0 spiro atoms. The van der Waals surface area contributed by atoms with E-state index in [2.05, 4.69) is 20.8 Å². The molecular weight excluding hydrogens is 718 g/mol. The molecule has 17 nitrogen and oxygen atoms in total. The Morgan fingerprint density at radius 3 is 2.52 bits per heavy atom. The maximum Gasteiger partial charge on any atom is 0.350 e. The standard InChI is InChI=1S/C30H34ClN7O10S2/c1-30(2,28(46)47)48-36-20(17-13-50-29(32)34-17)24(42)35-21-25(43)37-22(27(44)45)14(12-49-26(21)37)11-38(6-3-4-7-38)8-5-33-23(41)15-9-18(39)19(40)10-16(15)31/h9-10,13,21,26H,3-8,11-12H2,1-2H3,(H7-,32,33,34,35,36,39,40,41,42,44,45,46,47)/t21-,26-/m1/s1. The molecule has 3 aliphatic heterocycles. The zero-order chi connectivity index (χ0) is 36.5. The van der Waals surface area contributed by atoms with E-state index in [4.69, 9.17) is 22.2 Å².